The fraction of sp³-hybridized carbons (Fsp3) is 0.474. The van der Waals surface area contributed by atoms with Crippen molar-refractivity contribution < 1.29 is 24.3 Å². The van der Waals surface area contributed by atoms with Crippen molar-refractivity contribution in [1.82, 2.24) is 9.97 Å². The number of benzene rings is 1. The minimum atomic E-state index is -0.779. The number of aliphatic hydroxyl groups excluding tert-OH is 1. The Morgan fingerprint density at radius 3 is 2.74 bits per heavy atom. The number of nitrogens with zero attached hydrogens (tertiary/aromatic N) is 2. The van der Waals surface area contributed by atoms with Gasteiger partial charge in [0.05, 0.1) is 25.5 Å². The summed E-state index contributed by atoms with van der Waals surface area (Å²) in [5, 5.41) is 19.7. The van der Waals surface area contributed by atoms with E-state index in [0.29, 0.717) is 42.6 Å². The number of rotatable bonds is 7. The molecule has 1 saturated heterocycles. The second-order valence-electron chi connectivity index (χ2n) is 6.65. The van der Waals surface area contributed by atoms with E-state index >= 15 is 0 Å². The summed E-state index contributed by atoms with van der Waals surface area (Å²) in [4.78, 5) is 9.18. The first-order valence-corrected chi connectivity index (χ1v) is 9.19. The van der Waals surface area contributed by atoms with Crippen LogP contribution in [0.3, 0.4) is 0 Å². The van der Waals surface area contributed by atoms with Crippen molar-refractivity contribution in [2.45, 2.75) is 38.6 Å². The molecule has 0 bridgehead atoms. The molecule has 27 heavy (non-hydrogen) atoms. The largest absolute Gasteiger partial charge is 0.493 e. The van der Waals surface area contributed by atoms with Crippen LogP contribution in [0, 0.1) is 0 Å². The van der Waals surface area contributed by atoms with E-state index in [1.165, 1.54) is 0 Å². The normalized spacial score (nSPS) is 17.8. The summed E-state index contributed by atoms with van der Waals surface area (Å²) in [6.07, 6.45) is 0.630. The van der Waals surface area contributed by atoms with E-state index in [2.05, 4.69) is 9.97 Å². The van der Waals surface area contributed by atoms with Gasteiger partial charge in [-0.15, -0.1) is 0 Å². The van der Waals surface area contributed by atoms with Crippen LogP contribution in [0.25, 0.3) is 11.4 Å². The van der Waals surface area contributed by atoms with E-state index < -0.39 is 13.2 Å². The van der Waals surface area contributed by atoms with Crippen LogP contribution >= 0.6 is 0 Å². The van der Waals surface area contributed by atoms with Gasteiger partial charge in [0, 0.05) is 23.8 Å². The van der Waals surface area contributed by atoms with Crippen molar-refractivity contribution >= 4 is 7.12 Å². The first kappa shape index (κ1) is 19.6. The lowest BCUT2D eigenvalue weighted by atomic mass is 9.81. The van der Waals surface area contributed by atoms with Gasteiger partial charge >= 0.3 is 7.12 Å². The van der Waals surface area contributed by atoms with Crippen molar-refractivity contribution in [3.05, 3.63) is 35.7 Å². The van der Waals surface area contributed by atoms with Crippen LogP contribution in [0.5, 0.6) is 11.5 Å². The summed E-state index contributed by atoms with van der Waals surface area (Å²) in [6.45, 7) is 4.68. The molecule has 8 heteroatoms. The predicted octanol–water partition coefficient (Wildman–Crippen LogP) is 2.59. The van der Waals surface area contributed by atoms with Gasteiger partial charge < -0.3 is 24.3 Å². The smallest absolute Gasteiger partial charge is 0.454 e. The summed E-state index contributed by atoms with van der Waals surface area (Å²) in [6, 6.07) is 7.31. The molecular formula is C19H25BN2O5. The van der Waals surface area contributed by atoms with Gasteiger partial charge in [0.25, 0.3) is 0 Å². The van der Waals surface area contributed by atoms with Crippen molar-refractivity contribution in [3.8, 4) is 22.9 Å². The van der Waals surface area contributed by atoms with Crippen LogP contribution in [0.2, 0.25) is 6.32 Å². The highest BCUT2D eigenvalue weighted by Gasteiger charge is 2.31. The summed E-state index contributed by atoms with van der Waals surface area (Å²) < 4.78 is 16.4. The molecule has 2 atom stereocenters. The van der Waals surface area contributed by atoms with Crippen LogP contribution in [0.4, 0.5) is 0 Å². The van der Waals surface area contributed by atoms with Crippen molar-refractivity contribution in [2.24, 2.45) is 0 Å². The summed E-state index contributed by atoms with van der Waals surface area (Å²) in [5.74, 6) is 1.73. The zero-order valence-electron chi connectivity index (χ0n) is 15.9. The quantitative estimate of drug-likeness (QED) is 0.722. The molecule has 7 nitrogen and oxygen atoms in total. The van der Waals surface area contributed by atoms with E-state index in [1.54, 1.807) is 20.1 Å². The fourth-order valence-corrected chi connectivity index (χ4v) is 2.99. The average Bonchev–Trinajstić information content (AvgIpc) is 3.12. The number of methoxy groups -OCH3 is 1. The molecule has 2 N–H and O–H groups in total. The van der Waals surface area contributed by atoms with Gasteiger partial charge in [0.2, 0.25) is 0 Å². The van der Waals surface area contributed by atoms with Gasteiger partial charge in [-0.2, -0.15) is 0 Å². The van der Waals surface area contributed by atoms with Crippen molar-refractivity contribution in [3.63, 3.8) is 0 Å². The lowest BCUT2D eigenvalue weighted by Gasteiger charge is -2.15. The van der Waals surface area contributed by atoms with Crippen molar-refractivity contribution in [1.29, 1.82) is 0 Å². The molecule has 2 aromatic rings. The summed E-state index contributed by atoms with van der Waals surface area (Å²) in [5.41, 5.74) is 2.05. The molecule has 0 unspecified atom stereocenters. The van der Waals surface area contributed by atoms with Crippen LogP contribution in [0.15, 0.2) is 24.3 Å². The van der Waals surface area contributed by atoms with Crippen molar-refractivity contribution in [2.75, 3.05) is 20.3 Å². The Hall–Kier alpha value is -2.16. The van der Waals surface area contributed by atoms with E-state index in [9.17, 15) is 10.1 Å². The van der Waals surface area contributed by atoms with Gasteiger partial charge in [0.1, 0.15) is 0 Å². The Labute approximate surface area is 159 Å². The Balaban J connectivity index is 2.01. The molecule has 144 valence electrons. The third-order valence-electron chi connectivity index (χ3n) is 4.47. The predicted molar refractivity (Wildman–Crippen MR) is 102 cm³/mol. The Morgan fingerprint density at radius 2 is 2.11 bits per heavy atom. The summed E-state index contributed by atoms with van der Waals surface area (Å²) in [7, 11) is 0.820. The Bertz CT molecular complexity index is 787. The van der Waals surface area contributed by atoms with Gasteiger partial charge in [-0.1, -0.05) is 6.92 Å². The van der Waals surface area contributed by atoms with Gasteiger partial charge in [0.15, 0.2) is 17.3 Å². The molecule has 1 aromatic carbocycles. The topological polar surface area (TPSA) is 93.9 Å². The Kier molecular flexibility index (Phi) is 6.31. The third-order valence-corrected chi connectivity index (χ3v) is 4.47. The highest BCUT2D eigenvalue weighted by atomic mass is 16.5. The zero-order valence-corrected chi connectivity index (χ0v) is 15.9. The van der Waals surface area contributed by atoms with Crippen LogP contribution < -0.4 is 9.47 Å². The molecule has 1 fully saturated rings. The van der Waals surface area contributed by atoms with E-state index in [4.69, 9.17) is 14.1 Å². The molecule has 0 saturated carbocycles. The van der Waals surface area contributed by atoms with Crippen LogP contribution in [-0.2, 0) is 4.65 Å². The molecule has 1 aliphatic heterocycles. The highest BCUT2D eigenvalue weighted by Crippen LogP contribution is 2.34. The monoisotopic (exact) mass is 372 g/mol. The third kappa shape index (κ3) is 4.58. The number of ether oxygens (including phenoxy) is 2. The molecule has 2 heterocycles. The van der Waals surface area contributed by atoms with Gasteiger partial charge in [-0.05, 0) is 43.9 Å². The molecule has 0 radical (unpaired) electrons. The zero-order chi connectivity index (χ0) is 19.4. The molecule has 0 aliphatic carbocycles. The highest BCUT2D eigenvalue weighted by molar-refractivity contribution is 6.43. The van der Waals surface area contributed by atoms with Gasteiger partial charge in [-0.25, -0.2) is 9.97 Å². The lowest BCUT2D eigenvalue weighted by Crippen LogP contribution is -2.09. The number of hydrogen-bond donors (Lipinski definition) is 2. The molecule has 0 spiro atoms. The van der Waals surface area contributed by atoms with E-state index in [0.717, 1.165) is 17.7 Å². The maximum Gasteiger partial charge on any atom is 0.454 e. The molecule has 1 aliphatic rings. The van der Waals surface area contributed by atoms with Gasteiger partial charge in [-0.3, -0.25) is 0 Å². The average molecular weight is 372 g/mol. The molecule has 0 amide bonds. The number of aromatic nitrogens is 2. The SMILES string of the molecule is CCCOc1cc(-c2nc([C@@H]3COB(O)C3)cc([C@@H](C)O)n2)ccc1OC. The minimum Gasteiger partial charge on any atom is -0.493 e. The standard InChI is InChI=1S/C19H25BN2O5/c1-4-7-26-18-8-13(5-6-17(18)25-3)19-21-15(12(2)23)9-16(22-19)14-10-20(24)27-11-14/h5-6,8-9,12,14,23-24H,4,7,10-11H2,1-3H3/t12-,14+/m1/s1. The second-order valence-corrected chi connectivity index (χ2v) is 6.65. The first-order chi connectivity index (χ1) is 13.0. The maximum absolute atomic E-state index is 10.1. The second kappa shape index (κ2) is 8.69. The van der Waals surface area contributed by atoms with E-state index in [-0.39, 0.29) is 5.92 Å². The van der Waals surface area contributed by atoms with Crippen LogP contribution in [0.1, 0.15) is 43.7 Å². The minimum absolute atomic E-state index is 0.0340. The number of aliphatic hydroxyl groups is 1. The molecule has 3 rings (SSSR count). The maximum atomic E-state index is 10.1. The first-order valence-electron chi connectivity index (χ1n) is 9.19. The lowest BCUT2D eigenvalue weighted by molar-refractivity contribution is 0.194. The molecule has 1 aromatic heterocycles. The fourth-order valence-electron chi connectivity index (χ4n) is 2.99. The van der Waals surface area contributed by atoms with E-state index in [1.807, 2.05) is 25.1 Å². The molecular weight excluding hydrogens is 347 g/mol. The Morgan fingerprint density at radius 1 is 1.30 bits per heavy atom. The summed E-state index contributed by atoms with van der Waals surface area (Å²) >= 11 is 0. The van der Waals surface area contributed by atoms with Crippen LogP contribution in [-0.4, -0.2) is 47.5 Å². The number of hydrogen-bond acceptors (Lipinski definition) is 7.